The molecule has 0 bridgehead atoms. The quantitative estimate of drug-likeness (QED) is 0.824. The molecule has 2 aromatic carbocycles. The fourth-order valence-electron chi connectivity index (χ4n) is 1.74. The van der Waals surface area contributed by atoms with Gasteiger partial charge in [-0.3, -0.25) is 9.59 Å². The number of hydrogen-bond donors (Lipinski definition) is 2. The monoisotopic (exact) mass is 254 g/mol. The minimum Gasteiger partial charge on any atom is -0.329 e. The summed E-state index contributed by atoms with van der Waals surface area (Å²) in [6.07, 6.45) is 0.599. The van der Waals surface area contributed by atoms with Crippen molar-refractivity contribution in [1.29, 1.82) is 0 Å². The highest BCUT2D eigenvalue weighted by atomic mass is 16.1. The molecule has 2 amide bonds. The summed E-state index contributed by atoms with van der Waals surface area (Å²) in [7, 11) is 0. The van der Waals surface area contributed by atoms with Gasteiger partial charge in [-0.2, -0.15) is 0 Å². The lowest BCUT2D eigenvalue weighted by atomic mass is 10.1. The van der Waals surface area contributed by atoms with Crippen LogP contribution < -0.4 is 10.6 Å². The number of hydrogen-bond acceptors (Lipinski definition) is 2. The van der Waals surface area contributed by atoms with Crippen LogP contribution in [0, 0.1) is 6.92 Å². The van der Waals surface area contributed by atoms with Crippen molar-refractivity contribution in [1.82, 2.24) is 0 Å². The number of rotatable bonds is 4. The van der Waals surface area contributed by atoms with Crippen LogP contribution in [0.25, 0.3) is 0 Å². The number of nitrogens with one attached hydrogen (secondary N) is 2. The van der Waals surface area contributed by atoms with Gasteiger partial charge in [-0.15, -0.1) is 0 Å². The van der Waals surface area contributed by atoms with E-state index in [9.17, 15) is 9.59 Å². The normalized spacial score (nSPS) is 9.74. The highest BCUT2D eigenvalue weighted by molar-refractivity contribution is 6.04. The summed E-state index contributed by atoms with van der Waals surface area (Å²) in [6.45, 7) is 1.94. The Bertz CT molecular complexity index is 609. The van der Waals surface area contributed by atoms with Gasteiger partial charge in [0.05, 0.1) is 0 Å². The number of amides is 2. The molecular formula is C15H14N2O2. The molecule has 2 N–H and O–H groups in total. The molecular weight excluding hydrogens is 240 g/mol. The Morgan fingerprint density at radius 1 is 1.05 bits per heavy atom. The molecule has 19 heavy (non-hydrogen) atoms. The van der Waals surface area contributed by atoms with Crippen LogP contribution in [0.15, 0.2) is 48.5 Å². The largest absolute Gasteiger partial charge is 0.329 e. The van der Waals surface area contributed by atoms with Crippen molar-refractivity contribution in [2.75, 3.05) is 10.6 Å². The van der Waals surface area contributed by atoms with Gasteiger partial charge in [-0.25, -0.2) is 0 Å². The van der Waals surface area contributed by atoms with E-state index < -0.39 is 0 Å². The third-order valence-corrected chi connectivity index (χ3v) is 2.63. The first-order chi connectivity index (χ1) is 9.19. The molecule has 0 aliphatic heterocycles. The van der Waals surface area contributed by atoms with Crippen molar-refractivity contribution in [3.05, 3.63) is 59.7 Å². The maximum absolute atomic E-state index is 12.0. The van der Waals surface area contributed by atoms with E-state index in [1.165, 1.54) is 0 Å². The first kappa shape index (κ1) is 12.8. The molecule has 0 saturated heterocycles. The fraction of sp³-hybridized carbons (Fsp3) is 0.0667. The summed E-state index contributed by atoms with van der Waals surface area (Å²) in [5.41, 5.74) is 2.91. The predicted molar refractivity (Wildman–Crippen MR) is 75.3 cm³/mol. The van der Waals surface area contributed by atoms with Gasteiger partial charge in [0.15, 0.2) is 0 Å². The summed E-state index contributed by atoms with van der Waals surface area (Å²) in [5.74, 6) is -0.174. The summed E-state index contributed by atoms with van der Waals surface area (Å²) in [4.78, 5) is 22.4. The number of anilines is 2. The third kappa shape index (κ3) is 3.42. The van der Waals surface area contributed by atoms with E-state index in [2.05, 4.69) is 10.6 Å². The molecule has 0 saturated carbocycles. The minimum absolute atomic E-state index is 0.174. The van der Waals surface area contributed by atoms with Crippen LogP contribution in [0.3, 0.4) is 0 Å². The molecule has 0 fully saturated rings. The van der Waals surface area contributed by atoms with Crippen LogP contribution in [-0.2, 0) is 4.79 Å². The number of carbonyl (C=O) groups excluding carboxylic acids is 2. The third-order valence-electron chi connectivity index (χ3n) is 2.63. The molecule has 0 spiro atoms. The number of benzene rings is 2. The van der Waals surface area contributed by atoms with Gasteiger partial charge in [-0.1, -0.05) is 23.8 Å². The molecule has 4 nitrogen and oxygen atoms in total. The van der Waals surface area contributed by atoms with E-state index in [4.69, 9.17) is 0 Å². The lowest BCUT2D eigenvalue weighted by Crippen LogP contribution is -2.12. The van der Waals surface area contributed by atoms with Crippen LogP contribution in [-0.4, -0.2) is 12.3 Å². The molecule has 0 heterocycles. The van der Waals surface area contributed by atoms with Crippen molar-refractivity contribution in [3.63, 3.8) is 0 Å². The van der Waals surface area contributed by atoms with E-state index in [1.807, 2.05) is 25.1 Å². The number of carbonyl (C=O) groups is 2. The van der Waals surface area contributed by atoms with Crippen molar-refractivity contribution in [3.8, 4) is 0 Å². The first-order valence-electron chi connectivity index (χ1n) is 5.87. The highest BCUT2D eigenvalue weighted by Crippen LogP contribution is 2.15. The molecule has 0 aliphatic rings. The van der Waals surface area contributed by atoms with Crippen LogP contribution in [0.4, 0.5) is 11.4 Å². The minimum atomic E-state index is -0.174. The molecule has 0 atom stereocenters. The van der Waals surface area contributed by atoms with E-state index in [0.717, 1.165) is 5.56 Å². The highest BCUT2D eigenvalue weighted by Gasteiger charge is 2.06. The van der Waals surface area contributed by atoms with Crippen molar-refractivity contribution in [2.45, 2.75) is 6.92 Å². The zero-order valence-electron chi connectivity index (χ0n) is 10.5. The van der Waals surface area contributed by atoms with Gasteiger partial charge in [-0.05, 0) is 37.3 Å². The second-order valence-electron chi connectivity index (χ2n) is 4.17. The fourth-order valence-corrected chi connectivity index (χ4v) is 1.74. The van der Waals surface area contributed by atoms with Crippen LogP contribution in [0.5, 0.6) is 0 Å². The summed E-state index contributed by atoms with van der Waals surface area (Å²) >= 11 is 0. The van der Waals surface area contributed by atoms with Gasteiger partial charge in [0, 0.05) is 16.9 Å². The van der Waals surface area contributed by atoms with Crippen LogP contribution in [0.2, 0.25) is 0 Å². The van der Waals surface area contributed by atoms with Gasteiger partial charge < -0.3 is 10.6 Å². The lowest BCUT2D eigenvalue weighted by molar-refractivity contribution is -0.105. The van der Waals surface area contributed by atoms with Crippen molar-refractivity contribution < 1.29 is 9.59 Å². The number of aryl methyl sites for hydroxylation is 1. The van der Waals surface area contributed by atoms with Crippen molar-refractivity contribution >= 4 is 23.7 Å². The van der Waals surface area contributed by atoms with Crippen molar-refractivity contribution in [2.24, 2.45) is 0 Å². The SMILES string of the molecule is Cc1cccc(C(=O)Nc2cccc(NC=O)c2)c1. The lowest BCUT2D eigenvalue weighted by Gasteiger charge is -2.07. The average Bonchev–Trinajstić information content (AvgIpc) is 2.39. The Balaban J connectivity index is 2.14. The standard InChI is InChI=1S/C15H14N2O2/c1-11-4-2-5-12(8-11)15(19)17-14-7-3-6-13(9-14)16-10-18/h2-10H,1H3,(H,16,18)(H,17,19). The molecule has 96 valence electrons. The van der Waals surface area contributed by atoms with E-state index in [1.54, 1.807) is 30.3 Å². The van der Waals surface area contributed by atoms with Gasteiger partial charge >= 0.3 is 0 Å². The zero-order valence-corrected chi connectivity index (χ0v) is 10.5. The second-order valence-corrected chi connectivity index (χ2v) is 4.17. The molecule has 0 unspecified atom stereocenters. The van der Waals surface area contributed by atoms with E-state index in [0.29, 0.717) is 23.3 Å². The zero-order chi connectivity index (χ0) is 13.7. The molecule has 0 aliphatic carbocycles. The maximum Gasteiger partial charge on any atom is 0.255 e. The smallest absolute Gasteiger partial charge is 0.255 e. The second kappa shape index (κ2) is 5.82. The summed E-state index contributed by atoms with van der Waals surface area (Å²) < 4.78 is 0. The average molecular weight is 254 g/mol. The van der Waals surface area contributed by atoms with Gasteiger partial charge in [0.1, 0.15) is 0 Å². The Hall–Kier alpha value is -2.62. The summed E-state index contributed by atoms with van der Waals surface area (Å²) in [6, 6.07) is 14.3. The Morgan fingerprint density at radius 2 is 1.79 bits per heavy atom. The Kier molecular flexibility index (Phi) is 3.93. The maximum atomic E-state index is 12.0. The molecule has 2 aromatic rings. The molecule has 0 aromatic heterocycles. The molecule has 4 heteroatoms. The molecule has 0 radical (unpaired) electrons. The van der Waals surface area contributed by atoms with E-state index in [-0.39, 0.29) is 5.91 Å². The van der Waals surface area contributed by atoms with Crippen LogP contribution >= 0.6 is 0 Å². The topological polar surface area (TPSA) is 58.2 Å². The first-order valence-corrected chi connectivity index (χ1v) is 5.87. The summed E-state index contributed by atoms with van der Waals surface area (Å²) in [5, 5.41) is 5.33. The predicted octanol–water partition coefficient (Wildman–Crippen LogP) is 2.82. The van der Waals surface area contributed by atoms with E-state index >= 15 is 0 Å². The van der Waals surface area contributed by atoms with Crippen LogP contribution in [0.1, 0.15) is 15.9 Å². The Labute approximate surface area is 111 Å². The molecule has 2 rings (SSSR count). The van der Waals surface area contributed by atoms with Gasteiger partial charge in [0.25, 0.3) is 5.91 Å². The van der Waals surface area contributed by atoms with Gasteiger partial charge in [0.2, 0.25) is 6.41 Å². The Morgan fingerprint density at radius 3 is 2.53 bits per heavy atom.